The van der Waals surface area contributed by atoms with Crippen molar-refractivity contribution in [3.8, 4) is 5.75 Å². The minimum absolute atomic E-state index is 0.00910. The molecule has 0 aromatic heterocycles. The molecule has 3 heteroatoms. The third-order valence-electron chi connectivity index (χ3n) is 5.91. The van der Waals surface area contributed by atoms with Gasteiger partial charge in [-0.3, -0.25) is 4.79 Å². The summed E-state index contributed by atoms with van der Waals surface area (Å²) in [5.41, 5.74) is 1.40. The molecule has 24 heavy (non-hydrogen) atoms. The van der Waals surface area contributed by atoms with Gasteiger partial charge in [-0.2, -0.15) is 0 Å². The molecule has 0 saturated heterocycles. The first-order valence-electron chi connectivity index (χ1n) is 9.35. The second-order valence-corrected chi connectivity index (χ2v) is 8.76. The number of ether oxygens (including phenoxy) is 1. The summed E-state index contributed by atoms with van der Waals surface area (Å²) in [6.07, 6.45) is 5.42. The van der Waals surface area contributed by atoms with E-state index < -0.39 is 0 Å². The van der Waals surface area contributed by atoms with Gasteiger partial charge in [0.05, 0.1) is 0 Å². The average molecular weight is 329 g/mol. The van der Waals surface area contributed by atoms with Crippen LogP contribution in [0.3, 0.4) is 0 Å². The molecule has 1 N–H and O–H groups in total. The van der Waals surface area contributed by atoms with Crippen molar-refractivity contribution in [2.24, 2.45) is 17.8 Å². The molecule has 0 heterocycles. The number of hydrogen-bond donors (Lipinski definition) is 1. The van der Waals surface area contributed by atoms with Gasteiger partial charge in [0.2, 0.25) is 0 Å². The zero-order chi connectivity index (χ0) is 17.3. The molecule has 1 aromatic rings. The Morgan fingerprint density at radius 3 is 2.46 bits per heavy atom. The number of hydrogen-bond acceptors (Lipinski definition) is 2. The largest absolute Gasteiger partial charge is 0.484 e. The third-order valence-corrected chi connectivity index (χ3v) is 5.91. The van der Waals surface area contributed by atoms with E-state index in [0.717, 1.165) is 17.6 Å². The molecule has 2 saturated carbocycles. The summed E-state index contributed by atoms with van der Waals surface area (Å²) < 4.78 is 5.65. The molecule has 2 fully saturated rings. The maximum atomic E-state index is 12.2. The van der Waals surface area contributed by atoms with Crippen LogP contribution in [0.5, 0.6) is 5.75 Å². The van der Waals surface area contributed by atoms with Gasteiger partial charge in [0.25, 0.3) is 5.91 Å². The number of nitrogens with one attached hydrogen (secondary N) is 1. The molecule has 0 aliphatic heterocycles. The molecule has 4 atom stereocenters. The van der Waals surface area contributed by atoms with Gasteiger partial charge in [0.1, 0.15) is 5.75 Å². The lowest BCUT2D eigenvalue weighted by Crippen LogP contribution is -2.42. The summed E-state index contributed by atoms with van der Waals surface area (Å²) in [6.45, 7) is 8.82. The van der Waals surface area contributed by atoms with E-state index in [0.29, 0.717) is 5.92 Å². The number of benzene rings is 1. The second kappa shape index (κ2) is 6.78. The molecular formula is C21H31NO2. The standard InChI is InChI=1S/C21H31NO2/c1-14(19-12-15-5-6-16(19)11-15)22-20(23)13-24-18-9-7-17(8-10-18)21(2,3)4/h7-10,14-16,19H,5-6,11-13H2,1-4H3,(H,22,23)/t14-,15-,16-,19+/m0/s1. The van der Waals surface area contributed by atoms with Gasteiger partial charge in [0.15, 0.2) is 6.61 Å². The lowest BCUT2D eigenvalue weighted by atomic mass is 9.84. The number of fused-ring (bicyclic) bond motifs is 2. The van der Waals surface area contributed by atoms with Gasteiger partial charge in [-0.1, -0.05) is 39.3 Å². The summed E-state index contributed by atoms with van der Waals surface area (Å²) in [4.78, 5) is 12.2. The summed E-state index contributed by atoms with van der Waals surface area (Å²) in [6, 6.07) is 8.32. The van der Waals surface area contributed by atoms with Crippen LogP contribution in [0.25, 0.3) is 0 Å². The summed E-state index contributed by atoms with van der Waals surface area (Å²) in [5, 5.41) is 3.15. The SMILES string of the molecule is C[C@H](NC(=O)COc1ccc(C(C)(C)C)cc1)[C@H]1C[C@H]2CC[C@H]1C2. The minimum Gasteiger partial charge on any atom is -0.484 e. The Balaban J connectivity index is 1.45. The highest BCUT2D eigenvalue weighted by Crippen LogP contribution is 2.49. The maximum absolute atomic E-state index is 12.2. The normalized spacial score (nSPS) is 27.1. The molecule has 0 spiro atoms. The molecule has 3 rings (SSSR count). The maximum Gasteiger partial charge on any atom is 0.258 e. The fourth-order valence-electron chi connectivity index (χ4n) is 4.51. The molecule has 132 valence electrons. The van der Waals surface area contributed by atoms with E-state index in [1.165, 1.54) is 31.2 Å². The highest BCUT2D eigenvalue weighted by molar-refractivity contribution is 5.77. The van der Waals surface area contributed by atoms with Crippen LogP contribution in [0.15, 0.2) is 24.3 Å². The first-order chi connectivity index (χ1) is 11.3. The minimum atomic E-state index is -0.00910. The van der Waals surface area contributed by atoms with Crippen molar-refractivity contribution in [2.45, 2.75) is 64.8 Å². The Morgan fingerprint density at radius 1 is 1.21 bits per heavy atom. The van der Waals surface area contributed by atoms with Crippen molar-refractivity contribution in [1.29, 1.82) is 0 Å². The Morgan fingerprint density at radius 2 is 1.92 bits per heavy atom. The van der Waals surface area contributed by atoms with Crippen LogP contribution in [0, 0.1) is 17.8 Å². The molecule has 0 radical (unpaired) electrons. The van der Waals surface area contributed by atoms with Crippen molar-refractivity contribution < 1.29 is 9.53 Å². The quantitative estimate of drug-likeness (QED) is 0.874. The predicted molar refractivity (Wildman–Crippen MR) is 97.2 cm³/mol. The van der Waals surface area contributed by atoms with Gasteiger partial charge >= 0.3 is 0 Å². The number of carbonyl (C=O) groups is 1. The van der Waals surface area contributed by atoms with Crippen molar-refractivity contribution in [1.82, 2.24) is 5.32 Å². The van der Waals surface area contributed by atoms with Crippen LogP contribution < -0.4 is 10.1 Å². The topological polar surface area (TPSA) is 38.3 Å². The number of amides is 1. The first kappa shape index (κ1) is 17.3. The van der Waals surface area contributed by atoms with Crippen molar-refractivity contribution in [3.05, 3.63) is 29.8 Å². The monoisotopic (exact) mass is 329 g/mol. The van der Waals surface area contributed by atoms with Gasteiger partial charge in [-0.15, -0.1) is 0 Å². The third kappa shape index (κ3) is 3.93. The Kier molecular flexibility index (Phi) is 4.89. The molecule has 0 unspecified atom stereocenters. The fourth-order valence-corrected chi connectivity index (χ4v) is 4.51. The molecule has 1 amide bonds. The van der Waals surface area contributed by atoms with Crippen LogP contribution in [-0.2, 0) is 10.2 Å². The van der Waals surface area contributed by atoms with E-state index in [1.54, 1.807) is 0 Å². The van der Waals surface area contributed by atoms with Crippen molar-refractivity contribution in [2.75, 3.05) is 6.61 Å². The van der Waals surface area contributed by atoms with E-state index in [2.05, 4.69) is 45.1 Å². The van der Waals surface area contributed by atoms with E-state index in [-0.39, 0.29) is 24.0 Å². The Labute approximate surface area is 146 Å². The molecule has 2 aliphatic carbocycles. The van der Waals surface area contributed by atoms with Crippen LogP contribution in [0.4, 0.5) is 0 Å². The fraction of sp³-hybridized carbons (Fsp3) is 0.667. The summed E-state index contributed by atoms with van der Waals surface area (Å²) in [5.74, 6) is 3.16. The molecular weight excluding hydrogens is 298 g/mol. The van der Waals surface area contributed by atoms with E-state index in [9.17, 15) is 4.79 Å². The smallest absolute Gasteiger partial charge is 0.258 e. The zero-order valence-electron chi connectivity index (χ0n) is 15.5. The van der Waals surface area contributed by atoms with Crippen LogP contribution in [-0.4, -0.2) is 18.6 Å². The van der Waals surface area contributed by atoms with Gasteiger partial charge < -0.3 is 10.1 Å². The van der Waals surface area contributed by atoms with Crippen molar-refractivity contribution >= 4 is 5.91 Å². The molecule has 3 nitrogen and oxygen atoms in total. The number of carbonyl (C=O) groups excluding carboxylic acids is 1. The lowest BCUT2D eigenvalue weighted by Gasteiger charge is -2.28. The highest BCUT2D eigenvalue weighted by Gasteiger charge is 2.42. The van der Waals surface area contributed by atoms with E-state index in [1.807, 2.05) is 12.1 Å². The first-order valence-corrected chi connectivity index (χ1v) is 9.35. The summed E-state index contributed by atoms with van der Waals surface area (Å²) in [7, 11) is 0. The Bertz CT molecular complexity index is 572. The lowest BCUT2D eigenvalue weighted by molar-refractivity contribution is -0.124. The summed E-state index contributed by atoms with van der Waals surface area (Å²) >= 11 is 0. The molecule has 2 aliphatic rings. The van der Waals surface area contributed by atoms with E-state index in [4.69, 9.17) is 4.74 Å². The van der Waals surface area contributed by atoms with Gasteiger partial charge in [-0.05, 0) is 67.1 Å². The van der Waals surface area contributed by atoms with Crippen molar-refractivity contribution in [3.63, 3.8) is 0 Å². The zero-order valence-corrected chi connectivity index (χ0v) is 15.5. The predicted octanol–water partition coefficient (Wildman–Crippen LogP) is 4.30. The molecule has 1 aromatic carbocycles. The van der Waals surface area contributed by atoms with Crippen LogP contribution >= 0.6 is 0 Å². The van der Waals surface area contributed by atoms with Crippen LogP contribution in [0.1, 0.15) is 58.9 Å². The van der Waals surface area contributed by atoms with Gasteiger partial charge in [-0.25, -0.2) is 0 Å². The molecule has 2 bridgehead atoms. The Hall–Kier alpha value is -1.51. The number of rotatable bonds is 5. The average Bonchev–Trinajstić information content (AvgIpc) is 3.15. The van der Waals surface area contributed by atoms with Crippen LogP contribution in [0.2, 0.25) is 0 Å². The van der Waals surface area contributed by atoms with E-state index >= 15 is 0 Å². The second-order valence-electron chi connectivity index (χ2n) is 8.76. The highest BCUT2D eigenvalue weighted by atomic mass is 16.5. The van der Waals surface area contributed by atoms with Gasteiger partial charge in [0, 0.05) is 6.04 Å².